The fourth-order valence-electron chi connectivity index (χ4n) is 1.41. The smallest absolute Gasteiger partial charge is 0.258 e. The predicted molar refractivity (Wildman–Crippen MR) is 66.0 cm³/mol. The lowest BCUT2D eigenvalue weighted by atomic mass is 10.2. The summed E-state index contributed by atoms with van der Waals surface area (Å²) in [5, 5.41) is 20.2. The number of amides is 1. The highest BCUT2D eigenvalue weighted by atomic mass is 16.5. The first-order valence-corrected chi connectivity index (χ1v) is 5.69. The molecular weight excluding hydrogens is 232 g/mol. The summed E-state index contributed by atoms with van der Waals surface area (Å²) in [6.45, 7) is 1.69. The van der Waals surface area contributed by atoms with Crippen molar-refractivity contribution in [2.75, 3.05) is 13.2 Å². The molecule has 0 aliphatic heterocycles. The van der Waals surface area contributed by atoms with Gasteiger partial charge in [-0.2, -0.15) is 5.26 Å². The zero-order valence-electron chi connectivity index (χ0n) is 10.2. The maximum Gasteiger partial charge on any atom is 0.258 e. The van der Waals surface area contributed by atoms with Gasteiger partial charge in [0, 0.05) is 12.6 Å². The van der Waals surface area contributed by atoms with Gasteiger partial charge in [-0.05, 0) is 25.5 Å². The molecule has 0 aromatic heterocycles. The van der Waals surface area contributed by atoms with Crippen molar-refractivity contribution in [1.29, 1.82) is 5.26 Å². The topological polar surface area (TPSA) is 82.3 Å². The van der Waals surface area contributed by atoms with Crippen LogP contribution in [0.5, 0.6) is 5.75 Å². The molecule has 5 heteroatoms. The average Bonchev–Trinajstić information content (AvgIpc) is 2.37. The highest BCUT2D eigenvalue weighted by molar-refractivity contribution is 5.77. The standard InChI is InChI=1S/C13H16N2O3/c1-10(6-7-16)15-13(17)9-18-12-5-3-2-4-11(12)8-14/h2-5,10,16H,6-7,9H2,1H3,(H,15,17). The van der Waals surface area contributed by atoms with Gasteiger partial charge >= 0.3 is 0 Å². The number of nitrogens with zero attached hydrogens (tertiary/aromatic N) is 1. The van der Waals surface area contributed by atoms with Gasteiger partial charge in [-0.1, -0.05) is 12.1 Å². The second-order valence-corrected chi connectivity index (χ2v) is 3.88. The Hall–Kier alpha value is -2.06. The molecule has 96 valence electrons. The quantitative estimate of drug-likeness (QED) is 0.781. The summed E-state index contributed by atoms with van der Waals surface area (Å²) in [7, 11) is 0. The van der Waals surface area contributed by atoms with Gasteiger partial charge < -0.3 is 15.2 Å². The first-order valence-electron chi connectivity index (χ1n) is 5.69. The van der Waals surface area contributed by atoms with E-state index in [0.29, 0.717) is 17.7 Å². The van der Waals surface area contributed by atoms with Crippen LogP contribution in [-0.2, 0) is 4.79 Å². The van der Waals surface area contributed by atoms with Gasteiger partial charge in [-0.25, -0.2) is 0 Å². The third-order valence-corrected chi connectivity index (χ3v) is 2.34. The van der Waals surface area contributed by atoms with Crippen LogP contribution in [-0.4, -0.2) is 30.3 Å². The van der Waals surface area contributed by atoms with Crippen LogP contribution in [0.3, 0.4) is 0 Å². The first kappa shape index (κ1) is 14.0. The summed E-state index contributed by atoms with van der Waals surface area (Å²) in [4.78, 5) is 11.5. The highest BCUT2D eigenvalue weighted by Gasteiger charge is 2.09. The summed E-state index contributed by atoms with van der Waals surface area (Å²) in [6, 6.07) is 8.63. The lowest BCUT2D eigenvalue weighted by Crippen LogP contribution is -2.36. The monoisotopic (exact) mass is 248 g/mol. The van der Waals surface area contributed by atoms with Gasteiger partial charge in [-0.3, -0.25) is 4.79 Å². The molecule has 0 saturated carbocycles. The molecule has 18 heavy (non-hydrogen) atoms. The Kier molecular flexibility index (Phi) is 5.68. The van der Waals surface area contributed by atoms with Crippen LogP contribution in [0.4, 0.5) is 0 Å². The van der Waals surface area contributed by atoms with E-state index in [9.17, 15) is 4.79 Å². The molecule has 0 fully saturated rings. The largest absolute Gasteiger partial charge is 0.482 e. The third kappa shape index (κ3) is 4.44. The number of ether oxygens (including phenoxy) is 1. The molecule has 1 rings (SSSR count). The van der Waals surface area contributed by atoms with E-state index in [4.69, 9.17) is 15.1 Å². The number of hydrogen-bond donors (Lipinski definition) is 2. The van der Waals surface area contributed by atoms with E-state index >= 15 is 0 Å². The molecular formula is C13H16N2O3. The molecule has 1 atom stereocenters. The van der Waals surface area contributed by atoms with Crippen molar-refractivity contribution < 1.29 is 14.6 Å². The van der Waals surface area contributed by atoms with Crippen LogP contribution in [0.1, 0.15) is 18.9 Å². The molecule has 0 aliphatic carbocycles. The number of hydrogen-bond acceptors (Lipinski definition) is 4. The normalized spacial score (nSPS) is 11.4. The number of aliphatic hydroxyl groups excluding tert-OH is 1. The molecule has 1 aromatic rings. The Bertz CT molecular complexity index is 440. The number of aliphatic hydroxyl groups is 1. The molecule has 0 radical (unpaired) electrons. The van der Waals surface area contributed by atoms with E-state index < -0.39 is 0 Å². The fourth-order valence-corrected chi connectivity index (χ4v) is 1.41. The van der Waals surface area contributed by atoms with Gasteiger partial charge in [0.1, 0.15) is 11.8 Å². The minimum absolute atomic E-state index is 0.0274. The molecule has 5 nitrogen and oxygen atoms in total. The van der Waals surface area contributed by atoms with E-state index in [1.807, 2.05) is 6.07 Å². The number of para-hydroxylation sites is 1. The summed E-state index contributed by atoms with van der Waals surface area (Å²) in [6.07, 6.45) is 0.501. The molecule has 0 saturated heterocycles. The van der Waals surface area contributed by atoms with E-state index in [0.717, 1.165) is 0 Å². The molecule has 0 aliphatic rings. The number of rotatable bonds is 6. The molecule has 0 bridgehead atoms. The van der Waals surface area contributed by atoms with Gasteiger partial charge in [0.15, 0.2) is 6.61 Å². The Morgan fingerprint density at radius 3 is 2.94 bits per heavy atom. The number of benzene rings is 1. The maximum absolute atomic E-state index is 11.5. The fraction of sp³-hybridized carbons (Fsp3) is 0.385. The first-order chi connectivity index (χ1) is 8.67. The number of nitrogens with one attached hydrogen (secondary N) is 1. The summed E-state index contributed by atoms with van der Waals surface area (Å²) < 4.78 is 5.27. The predicted octanol–water partition coefficient (Wildman–Crippen LogP) is 0.824. The SMILES string of the molecule is CC(CCO)NC(=O)COc1ccccc1C#N. The van der Waals surface area contributed by atoms with Gasteiger partial charge in [-0.15, -0.1) is 0 Å². The van der Waals surface area contributed by atoms with E-state index in [2.05, 4.69) is 5.32 Å². The average molecular weight is 248 g/mol. The second kappa shape index (κ2) is 7.30. The summed E-state index contributed by atoms with van der Waals surface area (Å²) in [5.74, 6) is 0.119. The van der Waals surface area contributed by atoms with Crippen LogP contribution in [0, 0.1) is 11.3 Å². The second-order valence-electron chi connectivity index (χ2n) is 3.88. The van der Waals surface area contributed by atoms with Crippen molar-refractivity contribution in [3.8, 4) is 11.8 Å². The van der Waals surface area contributed by atoms with E-state index in [1.165, 1.54) is 0 Å². The number of carbonyl (C=O) groups is 1. The molecule has 0 heterocycles. The minimum Gasteiger partial charge on any atom is -0.482 e. The van der Waals surface area contributed by atoms with Crippen LogP contribution < -0.4 is 10.1 Å². The van der Waals surface area contributed by atoms with Gasteiger partial charge in [0.2, 0.25) is 0 Å². The van der Waals surface area contributed by atoms with Crippen molar-refractivity contribution >= 4 is 5.91 Å². The Labute approximate surface area is 106 Å². The zero-order chi connectivity index (χ0) is 13.4. The maximum atomic E-state index is 11.5. The van der Waals surface area contributed by atoms with Crippen molar-refractivity contribution in [3.05, 3.63) is 29.8 Å². The molecule has 1 aromatic carbocycles. The Morgan fingerprint density at radius 2 is 2.28 bits per heavy atom. The Balaban J connectivity index is 2.45. The number of carbonyl (C=O) groups excluding carboxylic acids is 1. The van der Waals surface area contributed by atoms with Crippen LogP contribution in [0.15, 0.2) is 24.3 Å². The van der Waals surface area contributed by atoms with Gasteiger partial charge in [0.05, 0.1) is 5.56 Å². The molecule has 1 amide bonds. The highest BCUT2D eigenvalue weighted by Crippen LogP contribution is 2.16. The molecule has 2 N–H and O–H groups in total. The van der Waals surface area contributed by atoms with Gasteiger partial charge in [0.25, 0.3) is 5.91 Å². The molecule has 0 spiro atoms. The minimum atomic E-state index is -0.274. The van der Waals surface area contributed by atoms with E-state index in [1.54, 1.807) is 31.2 Å². The summed E-state index contributed by atoms with van der Waals surface area (Å²) in [5.41, 5.74) is 0.397. The van der Waals surface area contributed by atoms with Crippen molar-refractivity contribution in [1.82, 2.24) is 5.32 Å². The number of nitriles is 1. The summed E-state index contributed by atoms with van der Waals surface area (Å²) >= 11 is 0. The van der Waals surface area contributed by atoms with Crippen molar-refractivity contribution in [2.45, 2.75) is 19.4 Å². The Morgan fingerprint density at radius 1 is 1.56 bits per heavy atom. The van der Waals surface area contributed by atoms with Crippen molar-refractivity contribution in [2.24, 2.45) is 0 Å². The lowest BCUT2D eigenvalue weighted by Gasteiger charge is -2.13. The third-order valence-electron chi connectivity index (χ3n) is 2.34. The molecule has 1 unspecified atom stereocenters. The zero-order valence-corrected chi connectivity index (χ0v) is 10.2. The van der Waals surface area contributed by atoms with Crippen LogP contribution in [0.25, 0.3) is 0 Å². The lowest BCUT2D eigenvalue weighted by molar-refractivity contribution is -0.123. The van der Waals surface area contributed by atoms with Crippen LogP contribution >= 0.6 is 0 Å². The van der Waals surface area contributed by atoms with Crippen molar-refractivity contribution in [3.63, 3.8) is 0 Å². The van der Waals surface area contributed by atoms with Crippen LogP contribution in [0.2, 0.25) is 0 Å². The van der Waals surface area contributed by atoms with E-state index in [-0.39, 0.29) is 25.2 Å².